The van der Waals surface area contributed by atoms with E-state index >= 15 is 0 Å². The van der Waals surface area contributed by atoms with Crippen LogP contribution in [0, 0.1) is 6.92 Å². The highest BCUT2D eigenvalue weighted by Gasteiger charge is 2.32. The lowest BCUT2D eigenvalue weighted by Gasteiger charge is -2.18. The lowest BCUT2D eigenvalue weighted by molar-refractivity contribution is -0.116. The van der Waals surface area contributed by atoms with Crippen LogP contribution >= 0.6 is 0 Å². The Morgan fingerprint density at radius 1 is 1.06 bits per heavy atom. The van der Waals surface area contributed by atoms with Crippen molar-refractivity contribution in [2.24, 2.45) is 0 Å². The third-order valence-corrected chi connectivity index (χ3v) is 5.91. The number of carbonyl (C=O) groups is 2. The molecule has 0 radical (unpaired) electrons. The van der Waals surface area contributed by atoms with Gasteiger partial charge in [0.2, 0.25) is 5.91 Å². The van der Waals surface area contributed by atoms with Gasteiger partial charge in [0.05, 0.1) is 34.1 Å². The number of nitrogens with one attached hydrogen (secondary N) is 1. The van der Waals surface area contributed by atoms with E-state index in [-0.39, 0.29) is 18.5 Å². The molecule has 2 aromatic rings. The molecule has 1 N–H and O–H groups in total. The molecule has 182 valence electrons. The first-order valence-corrected chi connectivity index (χ1v) is 10.9. The number of anilines is 1. The Bertz CT molecular complexity index is 1120. The van der Waals surface area contributed by atoms with E-state index in [0.29, 0.717) is 53.5 Å². The zero-order valence-electron chi connectivity index (χ0n) is 20.5. The molecule has 0 saturated heterocycles. The van der Waals surface area contributed by atoms with Crippen LogP contribution in [0.5, 0.6) is 23.0 Å². The van der Waals surface area contributed by atoms with E-state index in [9.17, 15) is 9.59 Å². The summed E-state index contributed by atoms with van der Waals surface area (Å²) in [5.74, 6) is 1.84. The minimum atomic E-state index is -0.384. The van der Waals surface area contributed by atoms with Gasteiger partial charge in [-0.3, -0.25) is 4.79 Å². The van der Waals surface area contributed by atoms with Gasteiger partial charge in [-0.2, -0.15) is 0 Å². The van der Waals surface area contributed by atoms with Crippen molar-refractivity contribution in [2.75, 3.05) is 33.8 Å². The van der Waals surface area contributed by atoms with E-state index in [0.717, 1.165) is 22.3 Å². The van der Waals surface area contributed by atoms with E-state index in [1.165, 1.54) is 7.11 Å². The Morgan fingerprint density at radius 2 is 1.79 bits per heavy atom. The maximum atomic E-state index is 12.5. The van der Waals surface area contributed by atoms with Gasteiger partial charge in [0.25, 0.3) is 0 Å². The van der Waals surface area contributed by atoms with Crippen molar-refractivity contribution in [3.63, 3.8) is 0 Å². The molecule has 0 atom stereocenters. The van der Waals surface area contributed by atoms with Crippen molar-refractivity contribution >= 4 is 17.6 Å². The van der Waals surface area contributed by atoms with Crippen LogP contribution in [-0.2, 0) is 22.6 Å². The average Bonchev–Trinajstić information content (AvgIpc) is 3.23. The number of benzene rings is 2. The minimum Gasteiger partial charge on any atom is -0.497 e. The second-order valence-corrected chi connectivity index (χ2v) is 7.97. The quantitative estimate of drug-likeness (QED) is 0.401. The molecule has 2 aromatic carbocycles. The zero-order valence-corrected chi connectivity index (χ0v) is 20.5. The first-order chi connectivity index (χ1) is 16.3. The van der Waals surface area contributed by atoms with Gasteiger partial charge in [-0.1, -0.05) is 11.6 Å². The molecule has 0 bridgehead atoms. The molecule has 0 saturated carbocycles. The Morgan fingerprint density at radius 3 is 2.44 bits per heavy atom. The largest absolute Gasteiger partial charge is 0.497 e. The highest BCUT2D eigenvalue weighted by molar-refractivity contribution is 5.98. The summed E-state index contributed by atoms with van der Waals surface area (Å²) in [6.45, 7) is 4.10. The molecule has 1 aliphatic rings. The van der Waals surface area contributed by atoms with Gasteiger partial charge >= 0.3 is 5.97 Å². The van der Waals surface area contributed by atoms with E-state index in [4.69, 9.17) is 23.7 Å². The summed E-state index contributed by atoms with van der Waals surface area (Å²) < 4.78 is 27.0. The zero-order chi connectivity index (χ0) is 24.8. The van der Waals surface area contributed by atoms with Crippen molar-refractivity contribution in [1.29, 1.82) is 0 Å². The van der Waals surface area contributed by atoms with Gasteiger partial charge in [0.15, 0.2) is 0 Å². The molecule has 0 aliphatic carbocycles. The van der Waals surface area contributed by atoms with Crippen molar-refractivity contribution in [2.45, 2.75) is 39.7 Å². The Labute approximate surface area is 199 Å². The van der Waals surface area contributed by atoms with Crippen LogP contribution in [0.2, 0.25) is 0 Å². The lowest BCUT2D eigenvalue weighted by Crippen LogP contribution is -2.12. The molecule has 0 fully saturated rings. The monoisotopic (exact) mass is 469 g/mol. The fourth-order valence-corrected chi connectivity index (χ4v) is 4.04. The Kier molecular flexibility index (Phi) is 8.04. The fraction of sp³-hybridized carbons (Fsp3) is 0.385. The number of hydrogen-bond acceptors (Lipinski definition) is 7. The van der Waals surface area contributed by atoms with E-state index in [1.807, 2.05) is 19.9 Å². The highest BCUT2D eigenvalue weighted by Crippen LogP contribution is 2.42. The van der Waals surface area contributed by atoms with Gasteiger partial charge in [-0.05, 0) is 44.4 Å². The second-order valence-electron chi connectivity index (χ2n) is 7.97. The number of methoxy groups -OCH3 is 4. The summed E-state index contributed by atoms with van der Waals surface area (Å²) in [6.07, 6.45) is 3.39. The Balaban J connectivity index is 1.71. The molecule has 1 aliphatic heterocycles. The molecule has 34 heavy (non-hydrogen) atoms. The molecule has 8 nitrogen and oxygen atoms in total. The number of amides is 1. The topological polar surface area (TPSA) is 92.3 Å². The van der Waals surface area contributed by atoms with Gasteiger partial charge in [-0.15, -0.1) is 0 Å². The normalized spacial score (nSPS) is 12.6. The maximum Gasteiger partial charge on any atom is 0.342 e. The molecule has 0 unspecified atom stereocenters. The van der Waals surface area contributed by atoms with E-state index in [1.54, 1.807) is 39.5 Å². The standard InChI is InChI=1S/C26H31NO7/c1-15(8-12-22(28)27-20-11-9-17(30-3)13-21(20)31-4)7-10-18-24(32-5)16(2)19-14-34-26(29)23(19)25(18)33-6/h7,9,11,13H,8,10,12,14H2,1-6H3,(H,27,28). The first kappa shape index (κ1) is 25.0. The summed E-state index contributed by atoms with van der Waals surface area (Å²) >= 11 is 0. The van der Waals surface area contributed by atoms with Crippen LogP contribution in [0.1, 0.15) is 46.8 Å². The smallest absolute Gasteiger partial charge is 0.342 e. The van der Waals surface area contributed by atoms with Crippen molar-refractivity contribution in [3.8, 4) is 23.0 Å². The SMILES string of the molecule is COc1ccc(NC(=O)CCC(C)=CCc2c(OC)c(C)c3c(c2OC)C(=O)OC3)c(OC)c1. The van der Waals surface area contributed by atoms with E-state index < -0.39 is 0 Å². The number of esters is 1. The van der Waals surface area contributed by atoms with Gasteiger partial charge in [0, 0.05) is 23.6 Å². The van der Waals surface area contributed by atoms with Crippen LogP contribution in [0.15, 0.2) is 29.8 Å². The third kappa shape index (κ3) is 5.11. The third-order valence-electron chi connectivity index (χ3n) is 5.91. The van der Waals surface area contributed by atoms with Gasteiger partial charge in [0.1, 0.15) is 35.2 Å². The summed E-state index contributed by atoms with van der Waals surface area (Å²) in [5, 5.41) is 2.88. The van der Waals surface area contributed by atoms with Crippen molar-refractivity contribution in [3.05, 3.63) is 52.1 Å². The summed E-state index contributed by atoms with van der Waals surface area (Å²) in [7, 11) is 6.25. The summed E-state index contributed by atoms with van der Waals surface area (Å²) in [6, 6.07) is 5.23. The molecule has 1 amide bonds. The van der Waals surface area contributed by atoms with Crippen LogP contribution in [0.25, 0.3) is 0 Å². The Hall–Kier alpha value is -3.68. The molecule has 0 aromatic heterocycles. The summed E-state index contributed by atoms with van der Waals surface area (Å²) in [5.41, 5.74) is 4.54. The molecule has 0 spiro atoms. The molecular weight excluding hydrogens is 438 g/mol. The highest BCUT2D eigenvalue weighted by atomic mass is 16.5. The fourth-order valence-electron chi connectivity index (χ4n) is 4.04. The number of hydrogen-bond donors (Lipinski definition) is 1. The molecule has 8 heteroatoms. The number of carbonyl (C=O) groups excluding carboxylic acids is 2. The van der Waals surface area contributed by atoms with Gasteiger partial charge in [-0.25, -0.2) is 4.79 Å². The summed E-state index contributed by atoms with van der Waals surface area (Å²) in [4.78, 5) is 24.8. The number of allylic oxidation sites excluding steroid dienone is 2. The number of ether oxygens (including phenoxy) is 5. The second kappa shape index (κ2) is 11.0. The maximum absolute atomic E-state index is 12.5. The van der Waals surface area contributed by atoms with Crippen LogP contribution in [0.4, 0.5) is 5.69 Å². The lowest BCUT2D eigenvalue weighted by atomic mass is 9.94. The average molecular weight is 470 g/mol. The molecular formula is C26H31NO7. The predicted octanol–water partition coefficient (Wildman–Crippen LogP) is 4.61. The van der Waals surface area contributed by atoms with Crippen molar-refractivity contribution in [1.82, 2.24) is 0 Å². The predicted molar refractivity (Wildman–Crippen MR) is 128 cm³/mol. The van der Waals surface area contributed by atoms with Crippen LogP contribution in [0.3, 0.4) is 0 Å². The first-order valence-electron chi connectivity index (χ1n) is 10.9. The number of cyclic esters (lactones) is 1. The number of fused-ring (bicyclic) bond motifs is 1. The van der Waals surface area contributed by atoms with Crippen LogP contribution < -0.4 is 24.3 Å². The molecule has 3 rings (SSSR count). The van der Waals surface area contributed by atoms with Crippen LogP contribution in [-0.4, -0.2) is 40.3 Å². The number of rotatable bonds is 10. The van der Waals surface area contributed by atoms with Crippen molar-refractivity contribution < 1.29 is 33.3 Å². The van der Waals surface area contributed by atoms with Gasteiger partial charge < -0.3 is 29.0 Å². The molecule has 1 heterocycles. The van der Waals surface area contributed by atoms with E-state index in [2.05, 4.69) is 5.32 Å². The minimum absolute atomic E-state index is 0.123.